The van der Waals surface area contributed by atoms with Crippen LogP contribution in [0.4, 0.5) is 10.1 Å². The number of carbonyl (C=O) groups is 1. The number of ether oxygens (including phenoxy) is 1. The molecule has 1 amide bonds. The number of nitrogens with zero attached hydrogens (tertiary/aromatic N) is 1. The molecule has 1 heterocycles. The molecule has 1 fully saturated rings. The summed E-state index contributed by atoms with van der Waals surface area (Å²) in [5.41, 5.74) is 0.0594. The lowest BCUT2D eigenvalue weighted by atomic mass is 10.2. The van der Waals surface area contributed by atoms with Crippen molar-refractivity contribution in [2.75, 3.05) is 18.4 Å². The molecule has 2 aromatic carbocycles. The number of carbonyl (C=O) groups excluding carboxylic acids is 1. The average Bonchev–Trinajstić information content (AvgIpc) is 2.61. The molecule has 150 valence electrons. The smallest absolute Gasteiger partial charge is 0.260 e. The highest BCUT2D eigenvalue weighted by Gasteiger charge is 2.32. The average molecular weight is 427 g/mol. The molecule has 0 spiro atoms. The van der Waals surface area contributed by atoms with E-state index in [1.54, 1.807) is 0 Å². The number of nitrogens with one attached hydrogen (secondary N) is 1. The summed E-state index contributed by atoms with van der Waals surface area (Å²) in [7, 11) is -3.68. The number of rotatable bonds is 4. The molecule has 6 nitrogen and oxygen atoms in total. The third-order valence-electron chi connectivity index (χ3n) is 4.33. The number of anilines is 1. The van der Waals surface area contributed by atoms with Crippen LogP contribution in [0.3, 0.4) is 0 Å². The van der Waals surface area contributed by atoms with Gasteiger partial charge in [-0.1, -0.05) is 17.7 Å². The Kier molecular flexibility index (Phi) is 6.04. The monoisotopic (exact) mass is 426 g/mol. The van der Waals surface area contributed by atoms with Crippen LogP contribution in [-0.4, -0.2) is 43.9 Å². The second-order valence-corrected chi connectivity index (χ2v) is 9.00. The van der Waals surface area contributed by atoms with Crippen molar-refractivity contribution in [1.82, 2.24) is 4.31 Å². The van der Waals surface area contributed by atoms with E-state index in [0.717, 1.165) is 6.07 Å². The summed E-state index contributed by atoms with van der Waals surface area (Å²) in [6.07, 6.45) is -0.384. The number of halogens is 2. The zero-order valence-corrected chi connectivity index (χ0v) is 16.9. The normalized spacial score (nSPS) is 20.7. The minimum absolute atomic E-state index is 0.00717. The van der Waals surface area contributed by atoms with Crippen LogP contribution >= 0.6 is 11.6 Å². The first-order valence-corrected chi connectivity index (χ1v) is 10.5. The first-order chi connectivity index (χ1) is 13.2. The highest BCUT2D eigenvalue weighted by Crippen LogP contribution is 2.24. The summed E-state index contributed by atoms with van der Waals surface area (Å²) in [6.45, 7) is 4.20. The fraction of sp³-hybridized carbons (Fsp3) is 0.316. The molecule has 0 bridgehead atoms. The van der Waals surface area contributed by atoms with Crippen molar-refractivity contribution in [1.29, 1.82) is 0 Å². The van der Waals surface area contributed by atoms with Gasteiger partial charge < -0.3 is 10.1 Å². The van der Waals surface area contributed by atoms with E-state index in [2.05, 4.69) is 5.32 Å². The van der Waals surface area contributed by atoms with Gasteiger partial charge in [0, 0.05) is 18.8 Å². The van der Waals surface area contributed by atoms with Gasteiger partial charge in [0.25, 0.3) is 5.91 Å². The summed E-state index contributed by atoms with van der Waals surface area (Å²) < 4.78 is 46.5. The standard InChI is InChI=1S/C19H20ClFN2O4S/c1-12-10-23(11-13(2)27-12)28(25,26)15-8-6-14(7-9-15)22-19(24)18-16(20)4-3-5-17(18)21/h3-9,12-13H,10-11H2,1-2H3,(H,22,24). The summed E-state index contributed by atoms with van der Waals surface area (Å²) in [6, 6.07) is 9.67. The summed E-state index contributed by atoms with van der Waals surface area (Å²) in [4.78, 5) is 12.4. The van der Waals surface area contributed by atoms with Crippen LogP contribution in [0, 0.1) is 5.82 Å². The van der Waals surface area contributed by atoms with Crippen LogP contribution in [0.1, 0.15) is 24.2 Å². The lowest BCUT2D eigenvalue weighted by Gasteiger charge is -2.34. The predicted molar refractivity (Wildman–Crippen MR) is 105 cm³/mol. The number of morpholine rings is 1. The van der Waals surface area contributed by atoms with Crippen LogP contribution in [0.5, 0.6) is 0 Å². The first-order valence-electron chi connectivity index (χ1n) is 8.69. The fourth-order valence-electron chi connectivity index (χ4n) is 3.09. The Labute approximate surface area is 168 Å². The van der Waals surface area contributed by atoms with Crippen LogP contribution in [0.2, 0.25) is 5.02 Å². The van der Waals surface area contributed by atoms with Crippen molar-refractivity contribution in [3.8, 4) is 0 Å². The van der Waals surface area contributed by atoms with Crippen molar-refractivity contribution in [2.24, 2.45) is 0 Å². The maximum Gasteiger partial charge on any atom is 0.260 e. The van der Waals surface area contributed by atoms with Gasteiger partial charge in [0.1, 0.15) is 5.82 Å². The highest BCUT2D eigenvalue weighted by molar-refractivity contribution is 7.89. The third-order valence-corrected chi connectivity index (χ3v) is 6.49. The van der Waals surface area contributed by atoms with E-state index in [1.165, 1.54) is 40.7 Å². The number of sulfonamides is 1. The van der Waals surface area contributed by atoms with E-state index in [1.807, 2.05) is 13.8 Å². The molecule has 28 heavy (non-hydrogen) atoms. The van der Waals surface area contributed by atoms with Crippen LogP contribution in [0.15, 0.2) is 47.4 Å². The van der Waals surface area contributed by atoms with Crippen molar-refractivity contribution in [3.05, 3.63) is 58.9 Å². The van der Waals surface area contributed by atoms with E-state index < -0.39 is 21.7 Å². The Morgan fingerprint density at radius 1 is 1.14 bits per heavy atom. The predicted octanol–water partition coefficient (Wildman–Crippen LogP) is 3.53. The van der Waals surface area contributed by atoms with Gasteiger partial charge in [-0.3, -0.25) is 4.79 Å². The molecule has 3 rings (SSSR count). The zero-order valence-electron chi connectivity index (χ0n) is 15.4. The molecule has 0 aromatic heterocycles. The van der Waals surface area contributed by atoms with Gasteiger partial charge in [-0.15, -0.1) is 0 Å². The molecule has 9 heteroatoms. The fourth-order valence-corrected chi connectivity index (χ4v) is 4.93. The van der Waals surface area contributed by atoms with Gasteiger partial charge in [0.2, 0.25) is 10.0 Å². The maximum atomic E-state index is 13.9. The van der Waals surface area contributed by atoms with Crippen molar-refractivity contribution in [2.45, 2.75) is 31.0 Å². The number of benzene rings is 2. The molecule has 1 aliphatic heterocycles. The zero-order chi connectivity index (χ0) is 20.5. The molecular formula is C19H20ClFN2O4S. The Balaban J connectivity index is 1.77. The SMILES string of the molecule is CC1CN(S(=O)(=O)c2ccc(NC(=O)c3c(F)cccc3Cl)cc2)CC(C)O1. The second-order valence-electron chi connectivity index (χ2n) is 6.65. The van der Waals surface area contributed by atoms with Crippen LogP contribution in [0.25, 0.3) is 0 Å². The van der Waals surface area contributed by atoms with Gasteiger partial charge in [-0.05, 0) is 50.2 Å². The molecule has 0 aliphatic carbocycles. The van der Waals surface area contributed by atoms with Gasteiger partial charge >= 0.3 is 0 Å². The topological polar surface area (TPSA) is 75.7 Å². The first kappa shape index (κ1) is 20.7. The van der Waals surface area contributed by atoms with Crippen LogP contribution in [-0.2, 0) is 14.8 Å². The van der Waals surface area contributed by atoms with E-state index in [-0.39, 0.29) is 40.8 Å². The van der Waals surface area contributed by atoms with Crippen LogP contribution < -0.4 is 5.32 Å². The van der Waals surface area contributed by atoms with E-state index >= 15 is 0 Å². The molecular weight excluding hydrogens is 407 g/mol. The Morgan fingerprint density at radius 3 is 2.32 bits per heavy atom. The van der Waals surface area contributed by atoms with Gasteiger partial charge in [0.15, 0.2) is 0 Å². The van der Waals surface area contributed by atoms with Crippen molar-refractivity contribution in [3.63, 3.8) is 0 Å². The number of hydrogen-bond donors (Lipinski definition) is 1. The summed E-state index contributed by atoms with van der Waals surface area (Å²) in [5, 5.41) is 2.51. The highest BCUT2D eigenvalue weighted by atomic mass is 35.5. The molecule has 2 aromatic rings. The molecule has 2 atom stereocenters. The van der Waals surface area contributed by atoms with Crippen molar-refractivity contribution >= 4 is 33.2 Å². The Hall–Kier alpha value is -2.00. The third kappa shape index (κ3) is 4.35. The lowest BCUT2D eigenvalue weighted by molar-refractivity contribution is -0.0440. The lowest BCUT2D eigenvalue weighted by Crippen LogP contribution is -2.48. The van der Waals surface area contributed by atoms with Crippen molar-refractivity contribution < 1.29 is 22.3 Å². The minimum atomic E-state index is -3.68. The minimum Gasteiger partial charge on any atom is -0.373 e. The van der Waals surface area contributed by atoms with Gasteiger partial charge in [-0.25, -0.2) is 12.8 Å². The van der Waals surface area contributed by atoms with Gasteiger partial charge in [0.05, 0.1) is 27.7 Å². The molecule has 1 aliphatic rings. The van der Waals surface area contributed by atoms with Gasteiger partial charge in [-0.2, -0.15) is 4.31 Å². The molecule has 2 unspecified atom stereocenters. The second kappa shape index (κ2) is 8.16. The molecule has 1 saturated heterocycles. The summed E-state index contributed by atoms with van der Waals surface area (Å²) in [5.74, 6) is -1.45. The van der Waals surface area contributed by atoms with E-state index in [0.29, 0.717) is 5.69 Å². The van der Waals surface area contributed by atoms with E-state index in [9.17, 15) is 17.6 Å². The largest absolute Gasteiger partial charge is 0.373 e. The summed E-state index contributed by atoms with van der Waals surface area (Å²) >= 11 is 5.89. The Bertz CT molecular complexity index is 952. The quantitative estimate of drug-likeness (QED) is 0.811. The Morgan fingerprint density at radius 2 is 1.75 bits per heavy atom. The van der Waals surface area contributed by atoms with E-state index in [4.69, 9.17) is 16.3 Å². The molecule has 1 N–H and O–H groups in total. The maximum absolute atomic E-state index is 13.9. The number of amides is 1. The molecule has 0 radical (unpaired) electrons. The molecule has 0 saturated carbocycles. The number of hydrogen-bond acceptors (Lipinski definition) is 4.